The molecule has 0 spiro atoms. The minimum atomic E-state index is -1.00. The summed E-state index contributed by atoms with van der Waals surface area (Å²) in [5.41, 5.74) is 5.29. The summed E-state index contributed by atoms with van der Waals surface area (Å²) in [5, 5.41) is 16.3. The zero-order valence-electron chi connectivity index (χ0n) is 15.7. The first kappa shape index (κ1) is 21.5. The lowest BCUT2D eigenvalue weighted by Gasteiger charge is -2.10. The van der Waals surface area contributed by atoms with E-state index < -0.39 is 5.97 Å². The van der Waals surface area contributed by atoms with Crippen LogP contribution in [0.5, 0.6) is 5.75 Å². The molecule has 152 valence electrons. The van der Waals surface area contributed by atoms with E-state index in [9.17, 15) is 4.79 Å². The molecule has 0 aliphatic rings. The Morgan fingerprint density at radius 1 is 1.10 bits per heavy atom. The molecule has 3 aromatic rings. The Balaban J connectivity index is 1.58. The molecule has 6 nitrogen and oxygen atoms in total. The quantitative estimate of drug-likeness (QED) is 0.248. The second-order valence-corrected chi connectivity index (χ2v) is 7.49. The number of hydrazone groups is 1. The summed E-state index contributed by atoms with van der Waals surface area (Å²) >= 11 is 8.62. The zero-order chi connectivity index (χ0) is 21.3. The summed E-state index contributed by atoms with van der Waals surface area (Å²) in [6.45, 7) is 0.436. The number of benzene rings is 3. The molecule has 0 saturated carbocycles. The summed E-state index contributed by atoms with van der Waals surface area (Å²) in [5.74, 6) is -0.311. The highest BCUT2D eigenvalue weighted by atomic mass is 79.9. The molecule has 30 heavy (non-hydrogen) atoms. The van der Waals surface area contributed by atoms with Crippen molar-refractivity contribution in [1.82, 2.24) is 5.43 Å². The van der Waals surface area contributed by atoms with Gasteiger partial charge in [-0.05, 0) is 60.2 Å². The van der Waals surface area contributed by atoms with Crippen LogP contribution in [0.25, 0.3) is 0 Å². The topological polar surface area (TPSA) is 83.0 Å². The van der Waals surface area contributed by atoms with E-state index in [0.717, 1.165) is 15.6 Å². The lowest BCUT2D eigenvalue weighted by atomic mass is 10.2. The molecule has 0 unspecified atom stereocenters. The van der Waals surface area contributed by atoms with Crippen LogP contribution in [0.15, 0.2) is 82.4 Å². The maximum atomic E-state index is 11.0. The van der Waals surface area contributed by atoms with Crippen molar-refractivity contribution in [3.8, 4) is 5.75 Å². The Labute approximate surface area is 187 Å². The second kappa shape index (κ2) is 10.5. The maximum Gasteiger partial charge on any atom is 0.335 e. The van der Waals surface area contributed by atoms with E-state index >= 15 is 0 Å². The number of carboxylic acid groups (broad SMARTS) is 1. The number of halogens is 1. The van der Waals surface area contributed by atoms with Gasteiger partial charge in [0.25, 0.3) is 0 Å². The third-order valence-corrected chi connectivity index (χ3v) is 4.69. The first-order valence-electron chi connectivity index (χ1n) is 8.91. The average Bonchev–Trinajstić information content (AvgIpc) is 2.74. The van der Waals surface area contributed by atoms with Gasteiger partial charge in [0, 0.05) is 15.7 Å². The van der Waals surface area contributed by atoms with Crippen LogP contribution in [0.2, 0.25) is 0 Å². The summed E-state index contributed by atoms with van der Waals surface area (Å²) in [6, 6.07) is 21.8. The number of rotatable bonds is 7. The third kappa shape index (κ3) is 6.40. The number of carbonyl (C=O) groups is 1. The molecule has 0 heterocycles. The smallest absolute Gasteiger partial charge is 0.335 e. The van der Waals surface area contributed by atoms with Crippen molar-refractivity contribution in [3.63, 3.8) is 0 Å². The van der Waals surface area contributed by atoms with E-state index in [1.165, 1.54) is 12.1 Å². The second-order valence-electron chi connectivity index (χ2n) is 6.16. The lowest BCUT2D eigenvalue weighted by molar-refractivity contribution is 0.0697. The number of ether oxygens (including phenoxy) is 1. The third-order valence-electron chi connectivity index (χ3n) is 3.96. The highest BCUT2D eigenvalue weighted by Gasteiger charge is 2.05. The fourth-order valence-corrected chi connectivity index (χ4v) is 2.94. The van der Waals surface area contributed by atoms with Gasteiger partial charge in [-0.15, -0.1) is 0 Å². The van der Waals surface area contributed by atoms with Gasteiger partial charge in [-0.2, -0.15) is 5.10 Å². The number of nitrogens with one attached hydrogen (secondary N) is 2. The van der Waals surface area contributed by atoms with E-state index in [1.807, 2.05) is 48.5 Å². The summed E-state index contributed by atoms with van der Waals surface area (Å²) < 4.78 is 6.93. The maximum absolute atomic E-state index is 11.0. The predicted octanol–water partition coefficient (Wildman–Crippen LogP) is 5.05. The van der Waals surface area contributed by atoms with Crippen molar-refractivity contribution in [2.75, 3.05) is 5.32 Å². The Hall–Kier alpha value is -3.23. The van der Waals surface area contributed by atoms with E-state index in [1.54, 1.807) is 18.3 Å². The Morgan fingerprint density at radius 2 is 1.87 bits per heavy atom. The number of thiocarbonyl (C=S) groups is 1. The SMILES string of the molecule is O=C(O)c1cccc(NC(=S)N/N=C/c2ccccc2OCc2ccc(Br)cc2)c1. The molecule has 3 rings (SSSR count). The van der Waals surface area contributed by atoms with Crippen LogP contribution >= 0.6 is 28.1 Å². The molecule has 0 aliphatic heterocycles. The molecule has 0 aliphatic carbocycles. The van der Waals surface area contributed by atoms with E-state index in [2.05, 4.69) is 31.8 Å². The van der Waals surface area contributed by atoms with Crippen molar-refractivity contribution in [2.45, 2.75) is 6.61 Å². The van der Waals surface area contributed by atoms with Gasteiger partial charge in [-0.3, -0.25) is 5.43 Å². The largest absolute Gasteiger partial charge is 0.488 e. The fraction of sp³-hybridized carbons (Fsp3) is 0.0455. The van der Waals surface area contributed by atoms with Gasteiger partial charge in [-0.25, -0.2) is 4.79 Å². The molecule has 0 atom stereocenters. The molecule has 3 aromatic carbocycles. The van der Waals surface area contributed by atoms with Crippen LogP contribution in [-0.2, 0) is 6.61 Å². The van der Waals surface area contributed by atoms with Gasteiger partial charge in [0.1, 0.15) is 12.4 Å². The molecule has 0 radical (unpaired) electrons. The van der Waals surface area contributed by atoms with Crippen LogP contribution in [0.3, 0.4) is 0 Å². The molecule has 0 amide bonds. The van der Waals surface area contributed by atoms with Crippen LogP contribution in [0, 0.1) is 0 Å². The van der Waals surface area contributed by atoms with Crippen molar-refractivity contribution < 1.29 is 14.6 Å². The number of hydrogen-bond acceptors (Lipinski definition) is 4. The fourth-order valence-electron chi connectivity index (χ4n) is 2.51. The van der Waals surface area contributed by atoms with Crippen LogP contribution in [-0.4, -0.2) is 22.4 Å². The standard InChI is InChI=1S/C22H18BrN3O3S/c23-18-10-8-15(9-11-18)14-29-20-7-2-1-4-17(20)13-24-26-22(30)25-19-6-3-5-16(12-19)21(27)28/h1-13H,14H2,(H,27,28)(H2,25,26,30)/b24-13+. The van der Waals surface area contributed by atoms with Crippen LogP contribution in [0.4, 0.5) is 5.69 Å². The first-order valence-corrected chi connectivity index (χ1v) is 10.1. The van der Waals surface area contributed by atoms with Crippen molar-refractivity contribution in [2.24, 2.45) is 5.10 Å². The van der Waals surface area contributed by atoms with Gasteiger partial charge in [0.05, 0.1) is 11.8 Å². The van der Waals surface area contributed by atoms with Crippen molar-refractivity contribution in [1.29, 1.82) is 0 Å². The average molecular weight is 484 g/mol. The van der Waals surface area contributed by atoms with Gasteiger partial charge in [0.15, 0.2) is 5.11 Å². The van der Waals surface area contributed by atoms with E-state index in [4.69, 9.17) is 22.1 Å². The van der Waals surface area contributed by atoms with Crippen molar-refractivity contribution >= 4 is 51.1 Å². The normalized spacial score (nSPS) is 10.6. The van der Waals surface area contributed by atoms with Crippen LogP contribution < -0.4 is 15.5 Å². The molecule has 0 saturated heterocycles. The zero-order valence-corrected chi connectivity index (χ0v) is 18.1. The Morgan fingerprint density at radius 3 is 2.63 bits per heavy atom. The van der Waals surface area contributed by atoms with E-state index in [0.29, 0.717) is 18.0 Å². The number of hydrogen-bond donors (Lipinski definition) is 3. The Kier molecular flexibility index (Phi) is 7.53. The number of anilines is 1. The summed E-state index contributed by atoms with van der Waals surface area (Å²) in [4.78, 5) is 11.0. The predicted molar refractivity (Wildman–Crippen MR) is 125 cm³/mol. The lowest BCUT2D eigenvalue weighted by Crippen LogP contribution is -2.24. The molecule has 0 fully saturated rings. The van der Waals surface area contributed by atoms with Gasteiger partial charge >= 0.3 is 5.97 Å². The highest BCUT2D eigenvalue weighted by molar-refractivity contribution is 9.10. The van der Waals surface area contributed by atoms with Crippen molar-refractivity contribution in [3.05, 3.63) is 94.0 Å². The van der Waals surface area contributed by atoms with Gasteiger partial charge in [0.2, 0.25) is 0 Å². The minimum absolute atomic E-state index is 0.170. The van der Waals surface area contributed by atoms with Gasteiger partial charge in [-0.1, -0.05) is 46.3 Å². The molecule has 8 heteroatoms. The molecule has 3 N–H and O–H groups in total. The molecule has 0 bridgehead atoms. The highest BCUT2D eigenvalue weighted by Crippen LogP contribution is 2.18. The summed E-state index contributed by atoms with van der Waals surface area (Å²) in [6.07, 6.45) is 1.61. The Bertz CT molecular complexity index is 1070. The number of para-hydroxylation sites is 1. The summed E-state index contributed by atoms with van der Waals surface area (Å²) in [7, 11) is 0. The number of aromatic carboxylic acids is 1. The van der Waals surface area contributed by atoms with Gasteiger partial charge < -0.3 is 15.2 Å². The minimum Gasteiger partial charge on any atom is -0.488 e. The first-order chi connectivity index (χ1) is 14.5. The monoisotopic (exact) mass is 483 g/mol. The van der Waals surface area contributed by atoms with Crippen LogP contribution in [0.1, 0.15) is 21.5 Å². The number of nitrogens with zero attached hydrogens (tertiary/aromatic N) is 1. The van der Waals surface area contributed by atoms with E-state index in [-0.39, 0.29) is 10.7 Å². The number of carboxylic acids is 1. The molecular weight excluding hydrogens is 466 g/mol. The molecular formula is C22H18BrN3O3S. The molecule has 0 aromatic heterocycles.